The summed E-state index contributed by atoms with van der Waals surface area (Å²) >= 11 is 0. The molecule has 0 saturated carbocycles. The second kappa shape index (κ2) is 5.64. The van der Waals surface area contributed by atoms with E-state index in [1.807, 2.05) is 6.07 Å². The van der Waals surface area contributed by atoms with Crippen molar-refractivity contribution in [1.82, 2.24) is 0 Å². The smallest absolute Gasteiger partial charge is 0.145 e. The van der Waals surface area contributed by atoms with Crippen LogP contribution in [0.1, 0.15) is 37.7 Å². The largest absolute Gasteiger partial charge is 0.298 e. The van der Waals surface area contributed by atoms with Crippen LogP contribution >= 0.6 is 0 Å². The quantitative estimate of drug-likeness (QED) is 0.701. The van der Waals surface area contributed by atoms with Gasteiger partial charge in [-0.1, -0.05) is 42.3 Å². The Morgan fingerprint density at radius 3 is 2.50 bits per heavy atom. The molecule has 1 heteroatoms. The minimum atomic E-state index is 0.953. The standard InChI is InChI=1S/C15H18O/c16-12-15-10-6-2-5-9-14(15)11-13-7-3-1-4-8-13/h1,3-4,7-8,12H,2,5-6,9-11H2. The molecule has 0 radical (unpaired) electrons. The van der Waals surface area contributed by atoms with Gasteiger partial charge in [0.05, 0.1) is 0 Å². The molecule has 1 aromatic rings. The molecule has 0 aliphatic heterocycles. The summed E-state index contributed by atoms with van der Waals surface area (Å²) in [5.41, 5.74) is 3.74. The molecule has 0 N–H and O–H groups in total. The zero-order valence-electron chi connectivity index (χ0n) is 9.61. The Hall–Kier alpha value is -1.37. The summed E-state index contributed by atoms with van der Waals surface area (Å²) in [5, 5.41) is 0. The maximum Gasteiger partial charge on any atom is 0.145 e. The van der Waals surface area contributed by atoms with Crippen LogP contribution in [0.4, 0.5) is 0 Å². The molecule has 2 rings (SSSR count). The minimum Gasteiger partial charge on any atom is -0.298 e. The highest BCUT2D eigenvalue weighted by molar-refractivity contribution is 5.74. The van der Waals surface area contributed by atoms with Gasteiger partial charge in [0.1, 0.15) is 6.29 Å². The normalized spacial score (nSPS) is 17.0. The highest BCUT2D eigenvalue weighted by atomic mass is 16.1. The SMILES string of the molecule is O=CC1=C(Cc2ccccc2)CCCCC1. The Morgan fingerprint density at radius 1 is 1.00 bits per heavy atom. The van der Waals surface area contributed by atoms with Crippen molar-refractivity contribution in [2.45, 2.75) is 38.5 Å². The number of aldehydes is 1. The third-order valence-corrected chi connectivity index (χ3v) is 3.28. The first kappa shape index (κ1) is 11.1. The third-order valence-electron chi connectivity index (χ3n) is 3.28. The van der Waals surface area contributed by atoms with E-state index in [2.05, 4.69) is 24.3 Å². The van der Waals surface area contributed by atoms with E-state index in [4.69, 9.17) is 0 Å². The fourth-order valence-corrected chi connectivity index (χ4v) is 2.35. The molecular weight excluding hydrogens is 196 g/mol. The molecule has 1 nitrogen and oxygen atoms in total. The molecule has 16 heavy (non-hydrogen) atoms. The Morgan fingerprint density at radius 2 is 1.75 bits per heavy atom. The molecule has 0 fully saturated rings. The van der Waals surface area contributed by atoms with Crippen molar-refractivity contribution in [3.8, 4) is 0 Å². The molecule has 0 aromatic heterocycles. The van der Waals surface area contributed by atoms with E-state index in [0.29, 0.717) is 0 Å². The first-order valence-electron chi connectivity index (χ1n) is 6.10. The van der Waals surface area contributed by atoms with Gasteiger partial charge in [-0.25, -0.2) is 0 Å². The van der Waals surface area contributed by atoms with Gasteiger partial charge in [-0.3, -0.25) is 4.79 Å². The van der Waals surface area contributed by atoms with Gasteiger partial charge in [0.25, 0.3) is 0 Å². The van der Waals surface area contributed by atoms with E-state index in [1.54, 1.807) is 0 Å². The van der Waals surface area contributed by atoms with Crippen molar-refractivity contribution >= 4 is 6.29 Å². The highest BCUT2D eigenvalue weighted by Crippen LogP contribution is 2.25. The van der Waals surface area contributed by atoms with Gasteiger partial charge in [-0.2, -0.15) is 0 Å². The van der Waals surface area contributed by atoms with Crippen molar-refractivity contribution in [2.24, 2.45) is 0 Å². The fourth-order valence-electron chi connectivity index (χ4n) is 2.35. The number of carbonyl (C=O) groups is 1. The summed E-state index contributed by atoms with van der Waals surface area (Å²) in [4.78, 5) is 11.1. The van der Waals surface area contributed by atoms with Crippen LogP contribution in [0.5, 0.6) is 0 Å². The van der Waals surface area contributed by atoms with Crippen LogP contribution in [0.3, 0.4) is 0 Å². The molecule has 0 bridgehead atoms. The van der Waals surface area contributed by atoms with Gasteiger partial charge in [0, 0.05) is 0 Å². The van der Waals surface area contributed by atoms with Crippen LogP contribution in [0.25, 0.3) is 0 Å². The van der Waals surface area contributed by atoms with Crippen molar-refractivity contribution in [2.75, 3.05) is 0 Å². The predicted octanol–water partition coefficient (Wildman–Crippen LogP) is 3.69. The molecule has 0 heterocycles. The van der Waals surface area contributed by atoms with Crippen LogP contribution < -0.4 is 0 Å². The first-order chi connectivity index (χ1) is 7.90. The third kappa shape index (κ3) is 2.82. The number of rotatable bonds is 3. The van der Waals surface area contributed by atoms with Crippen LogP contribution in [-0.2, 0) is 11.2 Å². The summed E-state index contributed by atoms with van der Waals surface area (Å²) in [6, 6.07) is 10.4. The van der Waals surface area contributed by atoms with E-state index < -0.39 is 0 Å². The summed E-state index contributed by atoms with van der Waals surface area (Å²) in [7, 11) is 0. The number of carbonyl (C=O) groups excluding carboxylic acids is 1. The van der Waals surface area contributed by atoms with E-state index >= 15 is 0 Å². The predicted molar refractivity (Wildman–Crippen MR) is 66.3 cm³/mol. The Balaban J connectivity index is 2.17. The fraction of sp³-hybridized carbons (Fsp3) is 0.400. The summed E-state index contributed by atoms with van der Waals surface area (Å²) in [5.74, 6) is 0. The van der Waals surface area contributed by atoms with Gasteiger partial charge in [-0.15, -0.1) is 0 Å². The van der Waals surface area contributed by atoms with Gasteiger partial charge in [0.15, 0.2) is 0 Å². The average molecular weight is 214 g/mol. The van der Waals surface area contributed by atoms with Crippen molar-refractivity contribution in [3.05, 3.63) is 47.0 Å². The van der Waals surface area contributed by atoms with Gasteiger partial charge in [-0.05, 0) is 43.2 Å². The molecular formula is C15H18O. The number of benzene rings is 1. The van der Waals surface area contributed by atoms with Crippen LogP contribution in [-0.4, -0.2) is 6.29 Å². The molecule has 84 valence electrons. The zero-order valence-corrected chi connectivity index (χ0v) is 9.61. The maximum absolute atomic E-state index is 11.1. The van der Waals surface area contributed by atoms with E-state index in [9.17, 15) is 4.79 Å². The molecule has 0 amide bonds. The van der Waals surface area contributed by atoms with Crippen LogP contribution in [0.15, 0.2) is 41.5 Å². The van der Waals surface area contributed by atoms with Crippen molar-refractivity contribution < 1.29 is 4.79 Å². The van der Waals surface area contributed by atoms with Crippen LogP contribution in [0.2, 0.25) is 0 Å². The van der Waals surface area contributed by atoms with Gasteiger partial charge < -0.3 is 0 Å². The molecule has 0 saturated heterocycles. The first-order valence-corrected chi connectivity index (χ1v) is 6.10. The number of hydrogen-bond donors (Lipinski definition) is 0. The van der Waals surface area contributed by atoms with Crippen molar-refractivity contribution in [3.63, 3.8) is 0 Å². The lowest BCUT2D eigenvalue weighted by Crippen LogP contribution is -1.96. The van der Waals surface area contributed by atoms with Gasteiger partial charge in [0.2, 0.25) is 0 Å². The van der Waals surface area contributed by atoms with Crippen LogP contribution in [0, 0.1) is 0 Å². The summed E-state index contributed by atoms with van der Waals surface area (Å²) < 4.78 is 0. The van der Waals surface area contributed by atoms with E-state index in [1.165, 1.54) is 30.4 Å². The Bertz CT molecular complexity index is 376. The van der Waals surface area contributed by atoms with Crippen molar-refractivity contribution in [1.29, 1.82) is 0 Å². The Kier molecular flexibility index (Phi) is 3.92. The summed E-state index contributed by atoms with van der Waals surface area (Å²) in [6.07, 6.45) is 7.77. The van der Waals surface area contributed by atoms with E-state index in [-0.39, 0.29) is 0 Å². The lowest BCUT2D eigenvalue weighted by Gasteiger charge is -2.08. The number of allylic oxidation sites excluding steroid dienone is 2. The molecule has 1 aliphatic rings. The Labute approximate surface area is 97.2 Å². The minimum absolute atomic E-state index is 0.953. The lowest BCUT2D eigenvalue weighted by atomic mass is 9.97. The molecule has 1 aromatic carbocycles. The second-order valence-electron chi connectivity index (χ2n) is 4.47. The number of hydrogen-bond acceptors (Lipinski definition) is 1. The molecule has 1 aliphatic carbocycles. The second-order valence-corrected chi connectivity index (χ2v) is 4.47. The lowest BCUT2D eigenvalue weighted by molar-refractivity contribution is -0.105. The topological polar surface area (TPSA) is 17.1 Å². The monoisotopic (exact) mass is 214 g/mol. The maximum atomic E-state index is 11.1. The van der Waals surface area contributed by atoms with Gasteiger partial charge >= 0.3 is 0 Å². The average Bonchev–Trinajstić information content (AvgIpc) is 2.55. The highest BCUT2D eigenvalue weighted by Gasteiger charge is 2.10. The summed E-state index contributed by atoms with van der Waals surface area (Å²) in [6.45, 7) is 0. The van der Waals surface area contributed by atoms with E-state index in [0.717, 1.165) is 31.1 Å². The molecule has 0 unspecified atom stereocenters. The zero-order chi connectivity index (χ0) is 11.2. The molecule has 0 atom stereocenters. The molecule has 0 spiro atoms.